The third-order valence-electron chi connectivity index (χ3n) is 3.91. The molecule has 1 aliphatic carbocycles. The highest BCUT2D eigenvalue weighted by Crippen LogP contribution is 2.28. The van der Waals surface area contributed by atoms with Gasteiger partial charge in [0.2, 0.25) is 0 Å². The van der Waals surface area contributed by atoms with E-state index in [1.807, 2.05) is 19.0 Å². The minimum atomic E-state index is -0.818. The van der Waals surface area contributed by atoms with Crippen LogP contribution in [0.4, 0.5) is 0 Å². The number of hydrogen-bond acceptors (Lipinski definition) is 3. The monoisotopic (exact) mass is 262 g/mol. The zero-order valence-electron chi connectivity index (χ0n) is 11.8. The van der Waals surface area contributed by atoms with Gasteiger partial charge in [0.15, 0.2) is 0 Å². The van der Waals surface area contributed by atoms with Crippen molar-refractivity contribution in [1.82, 2.24) is 10.2 Å². The molecule has 2 unspecified atom stereocenters. The fourth-order valence-electron chi connectivity index (χ4n) is 2.98. The Morgan fingerprint density at radius 1 is 1.32 bits per heavy atom. The predicted octanol–water partition coefficient (Wildman–Crippen LogP) is 1.45. The highest BCUT2D eigenvalue weighted by Gasteiger charge is 2.30. The molecule has 4 heteroatoms. The maximum atomic E-state index is 11.4. The van der Waals surface area contributed by atoms with E-state index in [0.717, 1.165) is 18.4 Å². The number of carbonyl (C=O) groups is 1. The van der Waals surface area contributed by atoms with Gasteiger partial charge in [0.25, 0.3) is 0 Å². The summed E-state index contributed by atoms with van der Waals surface area (Å²) < 4.78 is 0. The van der Waals surface area contributed by atoms with Crippen molar-refractivity contribution in [2.24, 2.45) is 0 Å². The molecule has 0 spiro atoms. The minimum absolute atomic E-state index is 0.159. The second kappa shape index (κ2) is 5.72. The Hall–Kier alpha value is -1.39. The molecule has 1 aliphatic rings. The van der Waals surface area contributed by atoms with Crippen LogP contribution in [0.2, 0.25) is 0 Å². The van der Waals surface area contributed by atoms with Gasteiger partial charge in [-0.2, -0.15) is 0 Å². The first kappa shape index (κ1) is 14.0. The highest BCUT2D eigenvalue weighted by atomic mass is 16.4. The van der Waals surface area contributed by atoms with Gasteiger partial charge in [-0.15, -0.1) is 0 Å². The summed E-state index contributed by atoms with van der Waals surface area (Å²) in [6.45, 7) is 0. The van der Waals surface area contributed by atoms with E-state index in [0.29, 0.717) is 0 Å². The average Bonchev–Trinajstić information content (AvgIpc) is 2.81. The number of aryl methyl sites for hydroxylation is 2. The van der Waals surface area contributed by atoms with Crippen LogP contribution in [0, 0.1) is 0 Å². The molecule has 1 aromatic rings. The first-order valence-corrected chi connectivity index (χ1v) is 6.72. The molecule has 2 atom stereocenters. The fourth-order valence-corrected chi connectivity index (χ4v) is 2.98. The molecule has 1 aromatic carbocycles. The lowest BCUT2D eigenvalue weighted by atomic mass is 9.95. The molecule has 0 saturated heterocycles. The molecule has 0 heterocycles. The molecule has 19 heavy (non-hydrogen) atoms. The van der Waals surface area contributed by atoms with Crippen LogP contribution < -0.4 is 5.32 Å². The van der Waals surface area contributed by atoms with Crippen LogP contribution >= 0.6 is 0 Å². The summed E-state index contributed by atoms with van der Waals surface area (Å²) in [4.78, 5) is 13.4. The first-order chi connectivity index (χ1) is 9.04. The van der Waals surface area contributed by atoms with Crippen molar-refractivity contribution >= 4 is 5.97 Å². The molecule has 2 N–H and O–H groups in total. The normalized spacial score (nSPS) is 17.3. The van der Waals surface area contributed by atoms with Crippen LogP contribution in [0.3, 0.4) is 0 Å². The summed E-state index contributed by atoms with van der Waals surface area (Å²) in [5, 5.41) is 12.3. The number of likely N-dealkylation sites (N-methyl/N-ethyl adjacent to an activating group) is 2. The topological polar surface area (TPSA) is 52.6 Å². The molecule has 104 valence electrons. The van der Waals surface area contributed by atoms with Crippen molar-refractivity contribution < 1.29 is 9.90 Å². The van der Waals surface area contributed by atoms with Crippen molar-refractivity contribution in [3.05, 3.63) is 34.9 Å². The highest BCUT2D eigenvalue weighted by molar-refractivity contribution is 5.75. The van der Waals surface area contributed by atoms with E-state index in [4.69, 9.17) is 0 Å². The molecular weight excluding hydrogens is 240 g/mol. The number of carboxylic acids is 1. The lowest BCUT2D eigenvalue weighted by Gasteiger charge is -2.30. The Morgan fingerprint density at radius 3 is 2.58 bits per heavy atom. The number of hydrogen-bond donors (Lipinski definition) is 2. The number of benzene rings is 1. The van der Waals surface area contributed by atoms with Crippen molar-refractivity contribution in [3.63, 3.8) is 0 Å². The third kappa shape index (κ3) is 2.80. The first-order valence-electron chi connectivity index (χ1n) is 6.72. The second-order valence-electron chi connectivity index (χ2n) is 5.39. The third-order valence-corrected chi connectivity index (χ3v) is 3.91. The molecule has 2 rings (SSSR count). The predicted molar refractivity (Wildman–Crippen MR) is 75.4 cm³/mol. The molecule has 0 saturated carbocycles. The Labute approximate surface area is 114 Å². The van der Waals surface area contributed by atoms with E-state index in [-0.39, 0.29) is 6.04 Å². The van der Waals surface area contributed by atoms with E-state index < -0.39 is 12.0 Å². The summed E-state index contributed by atoms with van der Waals surface area (Å²) in [5.41, 5.74) is 3.87. The van der Waals surface area contributed by atoms with Crippen LogP contribution in [-0.2, 0) is 17.6 Å². The standard InChI is InChI=1S/C15H22N2O2/c1-16-13(15(18)19)14(17(2)3)12-8-7-10-5-4-6-11(10)9-12/h7-9,13-14,16H,4-6H2,1-3H3,(H,18,19). The van der Waals surface area contributed by atoms with Gasteiger partial charge in [-0.25, -0.2) is 0 Å². The number of nitrogens with one attached hydrogen (secondary N) is 1. The Bertz CT molecular complexity index is 471. The van der Waals surface area contributed by atoms with Gasteiger partial charge in [0, 0.05) is 0 Å². The molecule has 0 radical (unpaired) electrons. The van der Waals surface area contributed by atoms with Crippen LogP contribution in [0.5, 0.6) is 0 Å². The molecule has 0 aromatic heterocycles. The second-order valence-corrected chi connectivity index (χ2v) is 5.39. The largest absolute Gasteiger partial charge is 0.480 e. The smallest absolute Gasteiger partial charge is 0.322 e. The fraction of sp³-hybridized carbons (Fsp3) is 0.533. The van der Waals surface area contributed by atoms with Crippen LogP contribution in [-0.4, -0.2) is 43.2 Å². The SMILES string of the molecule is CNC(C(=O)O)C(c1ccc2c(c1)CCC2)N(C)C. The Kier molecular flexibility index (Phi) is 4.22. The summed E-state index contributed by atoms with van der Waals surface area (Å²) in [6.07, 6.45) is 3.47. The van der Waals surface area contributed by atoms with E-state index >= 15 is 0 Å². The molecular formula is C15H22N2O2. The summed E-state index contributed by atoms with van der Waals surface area (Å²) in [6, 6.07) is 5.65. The van der Waals surface area contributed by atoms with Gasteiger partial charge in [-0.1, -0.05) is 18.2 Å². The van der Waals surface area contributed by atoms with Gasteiger partial charge in [0.05, 0.1) is 6.04 Å². The van der Waals surface area contributed by atoms with E-state index in [9.17, 15) is 9.90 Å². The number of rotatable bonds is 5. The molecule has 0 aliphatic heterocycles. The summed E-state index contributed by atoms with van der Waals surface area (Å²) in [5.74, 6) is -0.818. The zero-order valence-corrected chi connectivity index (χ0v) is 11.8. The number of aliphatic carboxylic acids is 1. The van der Waals surface area contributed by atoms with E-state index in [2.05, 4.69) is 23.5 Å². The molecule has 0 fully saturated rings. The van der Waals surface area contributed by atoms with Crippen molar-refractivity contribution in [2.45, 2.75) is 31.3 Å². The van der Waals surface area contributed by atoms with E-state index in [1.165, 1.54) is 17.5 Å². The van der Waals surface area contributed by atoms with Crippen molar-refractivity contribution in [3.8, 4) is 0 Å². The minimum Gasteiger partial charge on any atom is -0.480 e. The Balaban J connectivity index is 2.36. The molecule has 0 amide bonds. The summed E-state index contributed by atoms with van der Waals surface area (Å²) >= 11 is 0. The van der Waals surface area contributed by atoms with Gasteiger partial charge < -0.3 is 15.3 Å². The lowest BCUT2D eigenvalue weighted by molar-refractivity contribution is -0.141. The zero-order chi connectivity index (χ0) is 14.0. The molecule has 4 nitrogen and oxygen atoms in total. The van der Waals surface area contributed by atoms with E-state index in [1.54, 1.807) is 7.05 Å². The lowest BCUT2D eigenvalue weighted by Crippen LogP contribution is -2.45. The van der Waals surface area contributed by atoms with Gasteiger partial charge >= 0.3 is 5.97 Å². The van der Waals surface area contributed by atoms with Crippen LogP contribution in [0.1, 0.15) is 29.2 Å². The average molecular weight is 262 g/mol. The van der Waals surface area contributed by atoms with Gasteiger partial charge in [0.1, 0.15) is 6.04 Å². The van der Waals surface area contributed by atoms with Crippen LogP contribution in [0.15, 0.2) is 18.2 Å². The van der Waals surface area contributed by atoms with Crippen molar-refractivity contribution in [2.75, 3.05) is 21.1 Å². The number of nitrogens with zero attached hydrogens (tertiary/aromatic N) is 1. The maximum absolute atomic E-state index is 11.4. The summed E-state index contributed by atoms with van der Waals surface area (Å²) in [7, 11) is 5.54. The number of carboxylic acid groups (broad SMARTS) is 1. The molecule has 0 bridgehead atoms. The van der Waals surface area contributed by atoms with Crippen molar-refractivity contribution in [1.29, 1.82) is 0 Å². The van der Waals surface area contributed by atoms with Gasteiger partial charge in [-0.05, 0) is 57.1 Å². The number of fused-ring (bicyclic) bond motifs is 1. The maximum Gasteiger partial charge on any atom is 0.322 e. The Morgan fingerprint density at radius 2 is 2.00 bits per heavy atom. The quantitative estimate of drug-likeness (QED) is 0.843. The van der Waals surface area contributed by atoms with Crippen LogP contribution in [0.25, 0.3) is 0 Å². The van der Waals surface area contributed by atoms with Gasteiger partial charge in [-0.3, -0.25) is 4.79 Å².